The molecule has 1 N–H and O–H groups in total. The fourth-order valence-electron chi connectivity index (χ4n) is 3.51. The van der Waals surface area contributed by atoms with Gasteiger partial charge in [-0.1, -0.05) is 18.2 Å². The third-order valence-electron chi connectivity index (χ3n) is 4.80. The highest BCUT2D eigenvalue weighted by atomic mass is 16.2. The van der Waals surface area contributed by atoms with Crippen molar-refractivity contribution in [1.29, 1.82) is 0 Å². The van der Waals surface area contributed by atoms with Gasteiger partial charge in [0.25, 0.3) is 0 Å². The monoisotopic (exact) mass is 359 g/mol. The van der Waals surface area contributed by atoms with Crippen molar-refractivity contribution in [2.24, 2.45) is 0 Å². The van der Waals surface area contributed by atoms with Crippen molar-refractivity contribution in [2.75, 3.05) is 24.5 Å². The number of hydrogen-bond donors (Lipinski definition) is 1. The smallest absolute Gasteiger partial charge is 0.239 e. The van der Waals surface area contributed by atoms with Crippen LogP contribution in [0, 0.1) is 0 Å². The zero-order valence-electron chi connectivity index (χ0n) is 15.0. The van der Waals surface area contributed by atoms with E-state index < -0.39 is 0 Å². The minimum Gasteiger partial charge on any atom is -0.353 e. The number of aromatic nitrogens is 3. The lowest BCUT2D eigenvalue weighted by molar-refractivity contribution is -0.120. The molecule has 0 radical (unpaired) electrons. The normalized spacial score (nSPS) is 14.3. The number of carbonyl (C=O) groups excluding carboxylic acids is 1. The fraction of sp³-hybridized carbons (Fsp3) is 0.238. The number of nitrogens with one attached hydrogen (secondary N) is 1. The summed E-state index contributed by atoms with van der Waals surface area (Å²) in [6.07, 6.45) is 9.93. The third-order valence-corrected chi connectivity index (χ3v) is 4.80. The second kappa shape index (κ2) is 7.95. The van der Waals surface area contributed by atoms with Gasteiger partial charge in [-0.25, -0.2) is 4.98 Å². The van der Waals surface area contributed by atoms with E-state index >= 15 is 0 Å². The van der Waals surface area contributed by atoms with E-state index in [4.69, 9.17) is 0 Å². The van der Waals surface area contributed by atoms with Crippen LogP contribution in [0.2, 0.25) is 0 Å². The highest BCUT2D eigenvalue weighted by Gasteiger charge is 2.23. The number of nitrogens with zero attached hydrogens (tertiary/aromatic N) is 4. The maximum absolute atomic E-state index is 11.8. The molecule has 27 heavy (non-hydrogen) atoms. The van der Waals surface area contributed by atoms with Crippen molar-refractivity contribution in [2.45, 2.75) is 12.3 Å². The Morgan fingerprint density at radius 3 is 2.33 bits per heavy atom. The van der Waals surface area contributed by atoms with Crippen LogP contribution in [-0.2, 0) is 11.2 Å². The van der Waals surface area contributed by atoms with Crippen molar-refractivity contribution in [3.05, 3.63) is 84.1 Å². The third kappa shape index (κ3) is 3.95. The summed E-state index contributed by atoms with van der Waals surface area (Å²) in [6, 6.07) is 12.1. The Labute approximate surface area is 158 Å². The Bertz CT molecular complexity index is 861. The Kier molecular flexibility index (Phi) is 5.05. The van der Waals surface area contributed by atoms with Crippen LogP contribution in [0.4, 0.5) is 5.82 Å². The summed E-state index contributed by atoms with van der Waals surface area (Å²) < 4.78 is 0. The van der Waals surface area contributed by atoms with Gasteiger partial charge in [-0.15, -0.1) is 0 Å². The molecule has 1 aliphatic rings. The molecular formula is C21H21N5O. The second-order valence-electron chi connectivity index (χ2n) is 6.59. The van der Waals surface area contributed by atoms with Crippen LogP contribution in [0.5, 0.6) is 0 Å². The predicted octanol–water partition coefficient (Wildman–Crippen LogP) is 2.18. The molecule has 3 aromatic rings. The first-order valence-corrected chi connectivity index (χ1v) is 9.06. The number of amides is 1. The van der Waals surface area contributed by atoms with Gasteiger partial charge in [0.1, 0.15) is 5.82 Å². The van der Waals surface area contributed by atoms with Crippen LogP contribution in [0.1, 0.15) is 22.6 Å². The number of carbonyl (C=O) groups is 1. The van der Waals surface area contributed by atoms with E-state index in [1.807, 2.05) is 30.6 Å². The Morgan fingerprint density at radius 2 is 1.70 bits per heavy atom. The number of anilines is 1. The minimum absolute atomic E-state index is 0.0360. The van der Waals surface area contributed by atoms with Gasteiger partial charge in [0.15, 0.2) is 0 Å². The quantitative estimate of drug-likeness (QED) is 0.756. The van der Waals surface area contributed by atoms with Gasteiger partial charge >= 0.3 is 0 Å². The maximum Gasteiger partial charge on any atom is 0.239 e. The molecule has 136 valence electrons. The van der Waals surface area contributed by atoms with Crippen LogP contribution in [0.3, 0.4) is 0 Å². The Morgan fingerprint density at radius 1 is 1.00 bits per heavy atom. The van der Waals surface area contributed by atoms with Gasteiger partial charge < -0.3 is 10.2 Å². The van der Waals surface area contributed by atoms with E-state index in [2.05, 4.69) is 43.4 Å². The molecule has 4 heterocycles. The SMILES string of the molecule is O=C1CN(c2ncccc2CC(c2cccnc2)c2cccnc2)CCN1. The highest BCUT2D eigenvalue weighted by Crippen LogP contribution is 2.30. The predicted molar refractivity (Wildman–Crippen MR) is 103 cm³/mol. The van der Waals surface area contributed by atoms with E-state index in [-0.39, 0.29) is 11.8 Å². The molecule has 0 atom stereocenters. The summed E-state index contributed by atoms with van der Waals surface area (Å²) >= 11 is 0. The topological polar surface area (TPSA) is 71.0 Å². The van der Waals surface area contributed by atoms with Crippen molar-refractivity contribution in [3.8, 4) is 0 Å². The summed E-state index contributed by atoms with van der Waals surface area (Å²) in [5.74, 6) is 1.04. The molecule has 3 aromatic heterocycles. The molecule has 6 heteroatoms. The van der Waals surface area contributed by atoms with Crippen molar-refractivity contribution < 1.29 is 4.79 Å². The molecule has 0 spiro atoms. The van der Waals surface area contributed by atoms with Gasteiger partial charge in [0.05, 0.1) is 6.54 Å². The van der Waals surface area contributed by atoms with Gasteiger partial charge in [-0.05, 0) is 41.3 Å². The van der Waals surface area contributed by atoms with E-state index in [0.717, 1.165) is 35.5 Å². The van der Waals surface area contributed by atoms with Crippen molar-refractivity contribution in [3.63, 3.8) is 0 Å². The summed E-state index contributed by atoms with van der Waals surface area (Å²) in [6.45, 7) is 1.75. The van der Waals surface area contributed by atoms with Crippen molar-refractivity contribution in [1.82, 2.24) is 20.3 Å². The van der Waals surface area contributed by atoms with E-state index in [9.17, 15) is 4.79 Å². The van der Waals surface area contributed by atoms with E-state index in [0.29, 0.717) is 13.1 Å². The number of rotatable bonds is 5. The number of piperazine rings is 1. The lowest BCUT2D eigenvalue weighted by Gasteiger charge is -2.30. The largest absolute Gasteiger partial charge is 0.353 e. The first kappa shape index (κ1) is 17.1. The first-order chi connectivity index (χ1) is 13.3. The Hall–Kier alpha value is -3.28. The maximum atomic E-state index is 11.8. The van der Waals surface area contributed by atoms with Gasteiger partial charge in [0.2, 0.25) is 5.91 Å². The van der Waals surface area contributed by atoms with Gasteiger partial charge in [-0.2, -0.15) is 0 Å². The lowest BCUT2D eigenvalue weighted by atomic mass is 9.87. The van der Waals surface area contributed by atoms with Crippen LogP contribution >= 0.6 is 0 Å². The molecule has 1 amide bonds. The van der Waals surface area contributed by atoms with Crippen LogP contribution < -0.4 is 10.2 Å². The number of hydrogen-bond acceptors (Lipinski definition) is 5. The minimum atomic E-state index is 0.0360. The number of pyridine rings is 3. The lowest BCUT2D eigenvalue weighted by Crippen LogP contribution is -2.48. The van der Waals surface area contributed by atoms with Gasteiger partial charge in [-0.3, -0.25) is 14.8 Å². The molecule has 4 rings (SSSR count). The average Bonchev–Trinajstić information content (AvgIpc) is 2.73. The van der Waals surface area contributed by atoms with E-state index in [1.54, 1.807) is 18.6 Å². The van der Waals surface area contributed by atoms with Crippen LogP contribution in [0.15, 0.2) is 67.4 Å². The molecule has 1 saturated heterocycles. The molecule has 6 nitrogen and oxygen atoms in total. The second-order valence-corrected chi connectivity index (χ2v) is 6.59. The standard InChI is InChI=1S/C21H21N5O/c27-20-15-26(11-10-24-20)21-16(4-3-9-25-21)12-19(17-5-1-7-22-13-17)18-6-2-8-23-14-18/h1-9,13-14,19H,10-12,15H2,(H,24,27). The zero-order chi connectivity index (χ0) is 18.5. The molecule has 0 bridgehead atoms. The Balaban J connectivity index is 1.69. The fourth-order valence-corrected chi connectivity index (χ4v) is 3.51. The summed E-state index contributed by atoms with van der Waals surface area (Å²) in [4.78, 5) is 27.1. The molecule has 1 aliphatic heterocycles. The summed E-state index contributed by atoms with van der Waals surface area (Å²) in [5, 5.41) is 2.87. The zero-order valence-corrected chi connectivity index (χ0v) is 15.0. The summed E-state index contributed by atoms with van der Waals surface area (Å²) in [5.41, 5.74) is 3.39. The van der Waals surface area contributed by atoms with Crippen LogP contribution in [-0.4, -0.2) is 40.5 Å². The first-order valence-electron chi connectivity index (χ1n) is 9.06. The molecule has 0 unspecified atom stereocenters. The molecule has 0 saturated carbocycles. The van der Waals surface area contributed by atoms with Crippen molar-refractivity contribution >= 4 is 11.7 Å². The highest BCUT2D eigenvalue weighted by molar-refractivity contribution is 5.82. The van der Waals surface area contributed by atoms with Gasteiger partial charge in [0, 0.05) is 50.0 Å². The van der Waals surface area contributed by atoms with Crippen LogP contribution in [0.25, 0.3) is 0 Å². The molecular weight excluding hydrogens is 338 g/mol. The average molecular weight is 359 g/mol. The van der Waals surface area contributed by atoms with E-state index in [1.165, 1.54) is 0 Å². The molecule has 0 aromatic carbocycles. The molecule has 1 fully saturated rings. The molecule has 0 aliphatic carbocycles. The summed E-state index contributed by atoms with van der Waals surface area (Å²) in [7, 11) is 0.